The van der Waals surface area contributed by atoms with Crippen LogP contribution in [-0.4, -0.2) is 11.9 Å². The van der Waals surface area contributed by atoms with Crippen LogP contribution in [0.25, 0.3) is 0 Å². The predicted octanol–water partition coefficient (Wildman–Crippen LogP) is 2.85. The summed E-state index contributed by atoms with van der Waals surface area (Å²) in [6.45, 7) is 0. The molecule has 0 N–H and O–H groups in total. The van der Waals surface area contributed by atoms with E-state index in [4.69, 9.17) is 4.74 Å². The lowest BCUT2D eigenvalue weighted by Crippen LogP contribution is -2.02. The van der Waals surface area contributed by atoms with Crippen LogP contribution in [0.5, 0.6) is 0 Å². The fourth-order valence-electron chi connectivity index (χ4n) is 1.19. The quantitative estimate of drug-likeness (QED) is 0.598. The van der Waals surface area contributed by atoms with Crippen molar-refractivity contribution in [1.29, 1.82) is 0 Å². The molecule has 1 nitrogen and oxygen atoms in total. The summed E-state index contributed by atoms with van der Waals surface area (Å²) >= 11 is 3.57. The van der Waals surface area contributed by atoms with E-state index in [2.05, 4.69) is 22.0 Å². The van der Waals surface area contributed by atoms with Gasteiger partial charge in [-0.2, -0.15) is 0 Å². The monoisotopic (exact) mass is 204 g/mol. The molecule has 0 fully saturated rings. The average molecular weight is 205 g/mol. The van der Waals surface area contributed by atoms with Crippen LogP contribution in [0.15, 0.2) is 11.8 Å². The van der Waals surface area contributed by atoms with Gasteiger partial charge in [-0.15, -0.1) is 0 Å². The van der Waals surface area contributed by atoms with Gasteiger partial charge < -0.3 is 4.74 Å². The van der Waals surface area contributed by atoms with E-state index in [1.165, 1.54) is 25.7 Å². The first-order valence-corrected chi connectivity index (χ1v) is 4.64. The Morgan fingerprint density at radius 2 is 2.40 bits per heavy atom. The molecule has 0 aliphatic heterocycles. The molecule has 58 valence electrons. The Kier molecular flexibility index (Phi) is 3.26. The van der Waals surface area contributed by atoms with Crippen molar-refractivity contribution in [2.24, 2.45) is 0 Å². The molecule has 0 aromatic carbocycles. The highest BCUT2D eigenvalue weighted by Crippen LogP contribution is 2.24. The zero-order valence-corrected chi connectivity index (χ0v) is 7.86. The Balaban J connectivity index is 2.53. The first-order valence-electron chi connectivity index (χ1n) is 3.72. The number of ether oxygens (including phenoxy) is 1. The molecule has 0 amide bonds. The highest BCUT2D eigenvalue weighted by atomic mass is 79.9. The highest BCUT2D eigenvalue weighted by Gasteiger charge is 2.12. The first-order chi connectivity index (χ1) is 4.84. The molecule has 0 bridgehead atoms. The van der Waals surface area contributed by atoms with Gasteiger partial charge in [-0.1, -0.05) is 22.4 Å². The van der Waals surface area contributed by atoms with Gasteiger partial charge in [0.15, 0.2) is 0 Å². The van der Waals surface area contributed by atoms with E-state index in [1.807, 2.05) is 0 Å². The maximum Gasteiger partial charge on any atom is 0.105 e. The van der Waals surface area contributed by atoms with Crippen LogP contribution in [0.2, 0.25) is 0 Å². The molecule has 0 saturated heterocycles. The summed E-state index contributed by atoms with van der Waals surface area (Å²) in [5.74, 6) is 1.11. The van der Waals surface area contributed by atoms with Crippen LogP contribution in [0.3, 0.4) is 0 Å². The Labute approximate surface area is 70.6 Å². The van der Waals surface area contributed by atoms with Gasteiger partial charge in [0.25, 0.3) is 0 Å². The van der Waals surface area contributed by atoms with Crippen LogP contribution in [0.4, 0.5) is 0 Å². The SMILES string of the molecule is COC1=CCCCCC1Br. The minimum atomic E-state index is 0.458. The first kappa shape index (κ1) is 8.12. The van der Waals surface area contributed by atoms with Crippen molar-refractivity contribution >= 4 is 15.9 Å². The third-order valence-electron chi connectivity index (χ3n) is 1.80. The molecule has 1 rings (SSSR count). The third kappa shape index (κ3) is 2.01. The molecular formula is C8H13BrO. The van der Waals surface area contributed by atoms with Crippen molar-refractivity contribution < 1.29 is 4.74 Å². The molecule has 1 aliphatic carbocycles. The summed E-state index contributed by atoms with van der Waals surface area (Å²) in [6.07, 6.45) is 7.17. The molecule has 1 atom stereocenters. The average Bonchev–Trinajstić information content (AvgIpc) is 2.13. The van der Waals surface area contributed by atoms with Gasteiger partial charge in [0.2, 0.25) is 0 Å². The van der Waals surface area contributed by atoms with Crippen LogP contribution < -0.4 is 0 Å². The molecule has 0 radical (unpaired) electrons. The van der Waals surface area contributed by atoms with Gasteiger partial charge >= 0.3 is 0 Å². The Hall–Kier alpha value is 0.0200. The molecule has 0 heterocycles. The molecule has 0 aromatic heterocycles. The van der Waals surface area contributed by atoms with Crippen LogP contribution in [0, 0.1) is 0 Å². The molecule has 1 aliphatic rings. The summed E-state index contributed by atoms with van der Waals surface area (Å²) in [7, 11) is 1.74. The number of halogens is 1. The van der Waals surface area contributed by atoms with Gasteiger partial charge in [-0.3, -0.25) is 0 Å². The number of hydrogen-bond donors (Lipinski definition) is 0. The lowest BCUT2D eigenvalue weighted by Gasteiger charge is -2.09. The van der Waals surface area contributed by atoms with Gasteiger partial charge in [0.1, 0.15) is 5.76 Å². The van der Waals surface area contributed by atoms with E-state index in [9.17, 15) is 0 Å². The van der Waals surface area contributed by atoms with Gasteiger partial charge in [-0.05, 0) is 25.3 Å². The molecule has 2 heteroatoms. The second-order valence-corrected chi connectivity index (χ2v) is 3.67. The van der Waals surface area contributed by atoms with Crippen molar-refractivity contribution in [3.05, 3.63) is 11.8 Å². The van der Waals surface area contributed by atoms with Crippen molar-refractivity contribution in [3.63, 3.8) is 0 Å². The van der Waals surface area contributed by atoms with E-state index in [0.29, 0.717) is 4.83 Å². The summed E-state index contributed by atoms with van der Waals surface area (Å²) in [6, 6.07) is 0. The molecule has 0 saturated carbocycles. The van der Waals surface area contributed by atoms with E-state index < -0.39 is 0 Å². The second-order valence-electron chi connectivity index (χ2n) is 2.56. The van der Waals surface area contributed by atoms with E-state index >= 15 is 0 Å². The summed E-state index contributed by atoms with van der Waals surface area (Å²) in [5, 5.41) is 0. The largest absolute Gasteiger partial charge is 0.500 e. The standard InChI is InChI=1S/C8H13BrO/c1-10-8-6-4-2-3-5-7(8)9/h6-7H,2-5H2,1H3. The molecular weight excluding hydrogens is 192 g/mol. The number of hydrogen-bond acceptors (Lipinski definition) is 1. The summed E-state index contributed by atoms with van der Waals surface area (Å²) in [4.78, 5) is 0.458. The third-order valence-corrected chi connectivity index (χ3v) is 2.71. The predicted molar refractivity (Wildman–Crippen MR) is 46.3 cm³/mol. The lowest BCUT2D eigenvalue weighted by molar-refractivity contribution is 0.280. The normalized spacial score (nSPS) is 27.0. The smallest absolute Gasteiger partial charge is 0.105 e. The zero-order valence-electron chi connectivity index (χ0n) is 6.27. The minimum Gasteiger partial charge on any atom is -0.500 e. The molecule has 1 unspecified atom stereocenters. The zero-order chi connectivity index (χ0) is 7.40. The second kappa shape index (κ2) is 4.02. The van der Waals surface area contributed by atoms with Gasteiger partial charge in [0, 0.05) is 0 Å². The van der Waals surface area contributed by atoms with Gasteiger partial charge in [0.05, 0.1) is 11.9 Å². The number of alkyl halides is 1. The molecule has 10 heavy (non-hydrogen) atoms. The maximum absolute atomic E-state index is 5.20. The van der Waals surface area contributed by atoms with Crippen LogP contribution in [-0.2, 0) is 4.74 Å². The van der Waals surface area contributed by atoms with Crippen molar-refractivity contribution in [1.82, 2.24) is 0 Å². The van der Waals surface area contributed by atoms with Crippen LogP contribution >= 0.6 is 15.9 Å². The summed E-state index contributed by atoms with van der Waals surface area (Å²) in [5.41, 5.74) is 0. The molecule has 0 aromatic rings. The van der Waals surface area contributed by atoms with Gasteiger partial charge in [-0.25, -0.2) is 0 Å². The van der Waals surface area contributed by atoms with E-state index in [-0.39, 0.29) is 0 Å². The fraction of sp³-hybridized carbons (Fsp3) is 0.750. The van der Waals surface area contributed by atoms with Crippen molar-refractivity contribution in [3.8, 4) is 0 Å². The Morgan fingerprint density at radius 3 is 3.10 bits per heavy atom. The lowest BCUT2D eigenvalue weighted by atomic mass is 10.2. The van der Waals surface area contributed by atoms with E-state index in [0.717, 1.165) is 5.76 Å². The number of rotatable bonds is 1. The fourth-order valence-corrected chi connectivity index (χ4v) is 1.89. The Bertz CT molecular complexity index is 131. The minimum absolute atomic E-state index is 0.458. The summed E-state index contributed by atoms with van der Waals surface area (Å²) < 4.78 is 5.20. The van der Waals surface area contributed by atoms with Crippen molar-refractivity contribution in [2.75, 3.05) is 7.11 Å². The van der Waals surface area contributed by atoms with Crippen molar-refractivity contribution in [2.45, 2.75) is 30.5 Å². The maximum atomic E-state index is 5.20. The Morgan fingerprint density at radius 1 is 1.60 bits per heavy atom. The molecule has 0 spiro atoms. The highest BCUT2D eigenvalue weighted by molar-refractivity contribution is 9.09. The number of methoxy groups -OCH3 is 1. The van der Waals surface area contributed by atoms with Crippen LogP contribution in [0.1, 0.15) is 25.7 Å². The topological polar surface area (TPSA) is 9.23 Å². The van der Waals surface area contributed by atoms with E-state index in [1.54, 1.807) is 7.11 Å². The number of allylic oxidation sites excluding steroid dienone is 2.